The van der Waals surface area contributed by atoms with E-state index in [0.29, 0.717) is 17.0 Å². The van der Waals surface area contributed by atoms with Crippen molar-refractivity contribution >= 4 is 56.2 Å². The molecule has 0 fully saturated rings. The van der Waals surface area contributed by atoms with Gasteiger partial charge in [0.1, 0.15) is 10.7 Å². The molecule has 4 rings (SSSR count). The number of carbonyl (C=O) groups is 1. The second kappa shape index (κ2) is 8.98. The van der Waals surface area contributed by atoms with Crippen LogP contribution in [0.1, 0.15) is 32.2 Å². The molecule has 0 spiro atoms. The Balaban J connectivity index is 1.36. The fourth-order valence-electron chi connectivity index (χ4n) is 3.17. The number of nitrogens with one attached hydrogen (secondary N) is 2. The molecule has 0 saturated heterocycles. The molecular formula is C23H23N3O2S3. The molecule has 3 aromatic heterocycles. The number of hydrogen-bond donors (Lipinski definition) is 2. The Kier molecular flexibility index (Phi) is 6.31. The topological polar surface area (TPSA) is 74.8 Å². The number of aromatic amines is 1. The monoisotopic (exact) mass is 469 g/mol. The molecule has 0 atom stereocenters. The molecule has 0 saturated carbocycles. The molecule has 3 heterocycles. The molecular weight excluding hydrogens is 446 g/mol. The van der Waals surface area contributed by atoms with Crippen molar-refractivity contribution < 1.29 is 4.79 Å². The number of nitrogens with zero attached hydrogens (tertiary/aromatic N) is 1. The third-order valence-corrected chi connectivity index (χ3v) is 7.51. The third kappa shape index (κ3) is 5.08. The number of benzene rings is 1. The average Bonchev–Trinajstić information content (AvgIpc) is 3.37. The fraction of sp³-hybridized carbons (Fsp3) is 0.261. The first-order valence-corrected chi connectivity index (χ1v) is 12.7. The molecule has 4 aromatic rings. The first kappa shape index (κ1) is 21.8. The number of hydrogen-bond acceptors (Lipinski definition) is 6. The van der Waals surface area contributed by atoms with Gasteiger partial charge in [-0.3, -0.25) is 9.59 Å². The van der Waals surface area contributed by atoms with Crippen LogP contribution >= 0.6 is 34.4 Å². The lowest BCUT2D eigenvalue weighted by Gasteiger charge is -2.19. The van der Waals surface area contributed by atoms with Gasteiger partial charge in [-0.1, -0.05) is 39.0 Å². The molecule has 1 aromatic carbocycles. The zero-order chi connectivity index (χ0) is 22.0. The third-order valence-electron chi connectivity index (χ3n) is 4.79. The van der Waals surface area contributed by atoms with Crippen LogP contribution in [0.25, 0.3) is 20.7 Å². The number of carbonyl (C=O) groups excluding carboxylic acids is 1. The second-order valence-electron chi connectivity index (χ2n) is 8.19. The molecule has 160 valence electrons. The largest absolute Gasteiger partial charge is 0.325 e. The number of H-pyrrole nitrogens is 1. The quantitative estimate of drug-likeness (QED) is 0.370. The Morgan fingerprint density at radius 3 is 2.61 bits per heavy atom. The van der Waals surface area contributed by atoms with Crippen LogP contribution in [0.15, 0.2) is 52.0 Å². The maximum Gasteiger partial charge on any atom is 0.260 e. The first-order valence-electron chi connectivity index (χ1n) is 9.83. The van der Waals surface area contributed by atoms with E-state index in [4.69, 9.17) is 0 Å². The van der Waals surface area contributed by atoms with Crippen LogP contribution in [0.3, 0.4) is 0 Å². The van der Waals surface area contributed by atoms with E-state index in [2.05, 4.69) is 36.1 Å². The smallest absolute Gasteiger partial charge is 0.260 e. The summed E-state index contributed by atoms with van der Waals surface area (Å²) in [4.78, 5) is 34.2. The maximum absolute atomic E-state index is 12.6. The van der Waals surface area contributed by atoms with Gasteiger partial charge in [0.25, 0.3) is 5.56 Å². The Labute approximate surface area is 192 Å². The van der Waals surface area contributed by atoms with Gasteiger partial charge in [0.05, 0.1) is 16.9 Å². The zero-order valence-electron chi connectivity index (χ0n) is 17.5. The van der Waals surface area contributed by atoms with E-state index in [1.807, 2.05) is 47.2 Å². The van der Waals surface area contributed by atoms with E-state index in [-0.39, 0.29) is 22.6 Å². The van der Waals surface area contributed by atoms with E-state index in [1.54, 1.807) is 11.3 Å². The lowest BCUT2D eigenvalue weighted by Crippen LogP contribution is -2.16. The van der Waals surface area contributed by atoms with Crippen molar-refractivity contribution in [2.45, 2.75) is 31.9 Å². The molecule has 0 radical (unpaired) electrons. The molecule has 0 aliphatic rings. The predicted octanol–water partition coefficient (Wildman–Crippen LogP) is 5.88. The molecule has 1 amide bonds. The van der Waals surface area contributed by atoms with E-state index < -0.39 is 0 Å². The van der Waals surface area contributed by atoms with Crippen molar-refractivity contribution in [3.05, 3.63) is 68.9 Å². The van der Waals surface area contributed by atoms with Crippen LogP contribution in [0.2, 0.25) is 0 Å². The average molecular weight is 470 g/mol. The maximum atomic E-state index is 12.6. The number of thiophene rings is 2. The van der Waals surface area contributed by atoms with E-state index in [1.165, 1.54) is 28.7 Å². The van der Waals surface area contributed by atoms with E-state index >= 15 is 0 Å². The molecule has 0 bridgehead atoms. The van der Waals surface area contributed by atoms with E-state index in [9.17, 15) is 9.59 Å². The van der Waals surface area contributed by atoms with Gasteiger partial charge in [-0.2, -0.15) is 0 Å². The van der Waals surface area contributed by atoms with Crippen molar-refractivity contribution in [1.82, 2.24) is 9.97 Å². The van der Waals surface area contributed by atoms with Gasteiger partial charge < -0.3 is 10.3 Å². The highest BCUT2D eigenvalue weighted by atomic mass is 32.2. The first-order chi connectivity index (χ1) is 14.8. The number of fused-ring (bicyclic) bond motifs is 1. The minimum Gasteiger partial charge on any atom is -0.325 e. The summed E-state index contributed by atoms with van der Waals surface area (Å²) in [5.41, 5.74) is 2.89. The van der Waals surface area contributed by atoms with Gasteiger partial charge in [0.15, 0.2) is 0 Å². The number of anilines is 1. The van der Waals surface area contributed by atoms with Gasteiger partial charge >= 0.3 is 0 Å². The molecule has 0 unspecified atom stereocenters. The van der Waals surface area contributed by atoms with Crippen molar-refractivity contribution in [3.63, 3.8) is 0 Å². The molecule has 0 aliphatic heterocycles. The SMILES string of the molecule is CC(C)(C)c1ccc(NC(=O)CSCc2nc3scc(-c4cccs4)c3c(=O)[nH]2)cc1. The minimum absolute atomic E-state index is 0.0759. The molecule has 5 nitrogen and oxygen atoms in total. The van der Waals surface area contributed by atoms with Crippen LogP contribution in [0.5, 0.6) is 0 Å². The normalized spacial score (nSPS) is 11.7. The van der Waals surface area contributed by atoms with Crippen LogP contribution < -0.4 is 10.9 Å². The number of thioether (sulfide) groups is 1. The Bertz CT molecular complexity index is 1250. The van der Waals surface area contributed by atoms with Gasteiger partial charge in [-0.05, 0) is 34.6 Å². The molecule has 2 N–H and O–H groups in total. The van der Waals surface area contributed by atoms with Gasteiger partial charge in [0.2, 0.25) is 5.91 Å². The van der Waals surface area contributed by atoms with Crippen LogP contribution in [0.4, 0.5) is 5.69 Å². The van der Waals surface area contributed by atoms with Crippen molar-refractivity contribution in [1.29, 1.82) is 0 Å². The van der Waals surface area contributed by atoms with Gasteiger partial charge in [0, 0.05) is 21.5 Å². The summed E-state index contributed by atoms with van der Waals surface area (Å²) in [5.74, 6) is 1.26. The van der Waals surface area contributed by atoms with Gasteiger partial charge in [-0.25, -0.2) is 4.98 Å². The number of amides is 1. The van der Waals surface area contributed by atoms with Crippen LogP contribution in [-0.2, 0) is 16.0 Å². The standard InChI is InChI=1S/C23H23N3O2S3/c1-23(2,3)14-6-8-15(9-7-14)24-19(27)13-29-12-18-25-21(28)20-16(11-31-22(20)26-18)17-5-4-10-30-17/h4-11H,12-13H2,1-3H3,(H,24,27)(H,25,26,28). The summed E-state index contributed by atoms with van der Waals surface area (Å²) in [5, 5.41) is 7.53. The Hall–Kier alpha value is -2.42. The summed E-state index contributed by atoms with van der Waals surface area (Å²) >= 11 is 4.50. The minimum atomic E-state index is -0.131. The molecule has 31 heavy (non-hydrogen) atoms. The molecule has 0 aliphatic carbocycles. The number of aromatic nitrogens is 2. The van der Waals surface area contributed by atoms with Gasteiger partial charge in [-0.15, -0.1) is 34.4 Å². The summed E-state index contributed by atoms with van der Waals surface area (Å²) in [7, 11) is 0. The van der Waals surface area contributed by atoms with Crippen molar-refractivity contribution in [2.75, 3.05) is 11.1 Å². The highest BCUT2D eigenvalue weighted by Gasteiger charge is 2.15. The summed E-state index contributed by atoms with van der Waals surface area (Å²) in [6.45, 7) is 6.48. The number of rotatable bonds is 6. The Morgan fingerprint density at radius 2 is 1.94 bits per heavy atom. The molecule has 8 heteroatoms. The van der Waals surface area contributed by atoms with Crippen LogP contribution in [-0.4, -0.2) is 21.6 Å². The van der Waals surface area contributed by atoms with Crippen LogP contribution in [0, 0.1) is 0 Å². The lowest BCUT2D eigenvalue weighted by atomic mass is 9.87. The lowest BCUT2D eigenvalue weighted by molar-refractivity contribution is -0.113. The fourth-order valence-corrected chi connectivity index (χ4v) is 5.64. The summed E-state index contributed by atoms with van der Waals surface area (Å²) in [6.07, 6.45) is 0. The highest BCUT2D eigenvalue weighted by Crippen LogP contribution is 2.33. The van der Waals surface area contributed by atoms with Crippen molar-refractivity contribution in [2.24, 2.45) is 0 Å². The Morgan fingerprint density at radius 1 is 1.16 bits per heavy atom. The summed E-state index contributed by atoms with van der Waals surface area (Å²) < 4.78 is 0. The zero-order valence-corrected chi connectivity index (χ0v) is 20.0. The predicted molar refractivity (Wildman–Crippen MR) is 133 cm³/mol. The van der Waals surface area contributed by atoms with Crippen molar-refractivity contribution in [3.8, 4) is 10.4 Å². The highest BCUT2D eigenvalue weighted by molar-refractivity contribution is 7.99. The second-order valence-corrected chi connectivity index (χ2v) is 11.0. The summed E-state index contributed by atoms with van der Waals surface area (Å²) in [6, 6.07) is 11.9. The van der Waals surface area contributed by atoms with E-state index in [0.717, 1.165) is 21.0 Å².